The van der Waals surface area contributed by atoms with Crippen LogP contribution in [0.2, 0.25) is 0 Å². The molecule has 112 valence electrons. The minimum Gasteiger partial charge on any atom is -0.268 e. The first-order valence-electron chi connectivity index (χ1n) is 6.06. The first kappa shape index (κ1) is 15.5. The zero-order valence-corrected chi connectivity index (χ0v) is 13.7. The number of thiophene rings is 1. The van der Waals surface area contributed by atoms with Crippen LogP contribution in [0.15, 0.2) is 16.6 Å². The molecule has 0 unspecified atom stereocenters. The van der Waals surface area contributed by atoms with Crippen LogP contribution in [-0.2, 0) is 22.5 Å². The Bertz CT molecular complexity index is 806. The van der Waals surface area contributed by atoms with Crippen molar-refractivity contribution in [1.29, 1.82) is 5.26 Å². The molecule has 2 aromatic heterocycles. The lowest BCUT2D eigenvalue weighted by Crippen LogP contribution is -2.17. The van der Waals surface area contributed by atoms with Gasteiger partial charge in [-0.1, -0.05) is 26.0 Å². The lowest BCUT2D eigenvalue weighted by Gasteiger charge is -2.17. The van der Waals surface area contributed by atoms with E-state index >= 15 is 0 Å². The van der Waals surface area contributed by atoms with Crippen molar-refractivity contribution >= 4 is 26.4 Å². The summed E-state index contributed by atoms with van der Waals surface area (Å²) in [5, 5.41) is 18.5. The fourth-order valence-corrected chi connectivity index (χ4v) is 4.32. The summed E-state index contributed by atoms with van der Waals surface area (Å²) in [4.78, 5) is 0. The van der Waals surface area contributed by atoms with Gasteiger partial charge >= 0.3 is 0 Å². The second kappa shape index (κ2) is 5.13. The molecule has 0 saturated carbocycles. The molecule has 0 aromatic carbocycles. The van der Waals surface area contributed by atoms with Gasteiger partial charge in [0, 0.05) is 7.05 Å². The molecule has 2 rings (SSSR count). The van der Waals surface area contributed by atoms with Crippen molar-refractivity contribution < 1.29 is 8.42 Å². The van der Waals surface area contributed by atoms with E-state index < -0.39 is 10.0 Å². The molecule has 0 fully saturated rings. The van der Waals surface area contributed by atoms with Crippen molar-refractivity contribution in [2.45, 2.75) is 31.2 Å². The average Bonchev–Trinajstić information content (AvgIpc) is 2.94. The van der Waals surface area contributed by atoms with Crippen LogP contribution in [0, 0.1) is 11.3 Å². The van der Waals surface area contributed by atoms with E-state index in [1.54, 1.807) is 5.38 Å². The SMILES string of the molecule is Cn1nncc1S(=O)(=O)Nc1scc(C(C)(C)C)c1C#N. The maximum Gasteiger partial charge on any atom is 0.281 e. The highest BCUT2D eigenvalue weighted by molar-refractivity contribution is 7.92. The molecule has 0 aliphatic carbocycles. The number of nitrogens with zero attached hydrogens (tertiary/aromatic N) is 4. The van der Waals surface area contributed by atoms with Crippen LogP contribution in [0.3, 0.4) is 0 Å². The van der Waals surface area contributed by atoms with E-state index in [1.807, 2.05) is 20.8 Å². The molecule has 0 amide bonds. The van der Waals surface area contributed by atoms with Gasteiger partial charge in [0.2, 0.25) is 0 Å². The van der Waals surface area contributed by atoms with E-state index in [-0.39, 0.29) is 10.4 Å². The number of hydrogen-bond acceptors (Lipinski definition) is 6. The van der Waals surface area contributed by atoms with Crippen molar-refractivity contribution in [3.05, 3.63) is 22.7 Å². The van der Waals surface area contributed by atoms with Gasteiger partial charge in [0.05, 0.1) is 11.8 Å². The van der Waals surface area contributed by atoms with Gasteiger partial charge in [0.15, 0.2) is 5.03 Å². The summed E-state index contributed by atoms with van der Waals surface area (Å²) < 4.78 is 28.2. The van der Waals surface area contributed by atoms with Gasteiger partial charge in [0.25, 0.3) is 10.0 Å². The second-order valence-corrected chi connectivity index (χ2v) is 8.03. The maximum absolute atomic E-state index is 12.3. The first-order valence-corrected chi connectivity index (χ1v) is 8.42. The minimum atomic E-state index is -3.82. The fraction of sp³-hybridized carbons (Fsp3) is 0.417. The van der Waals surface area contributed by atoms with E-state index in [9.17, 15) is 13.7 Å². The Kier molecular flexibility index (Phi) is 3.78. The number of aromatic nitrogens is 3. The molecule has 0 radical (unpaired) electrons. The Morgan fingerprint density at radius 1 is 1.43 bits per heavy atom. The highest BCUT2D eigenvalue weighted by Crippen LogP contribution is 2.36. The van der Waals surface area contributed by atoms with Gasteiger partial charge in [-0.25, -0.2) is 4.68 Å². The van der Waals surface area contributed by atoms with Crippen molar-refractivity contribution in [1.82, 2.24) is 15.0 Å². The van der Waals surface area contributed by atoms with Crippen LogP contribution in [0.4, 0.5) is 5.00 Å². The smallest absolute Gasteiger partial charge is 0.268 e. The van der Waals surface area contributed by atoms with Crippen molar-refractivity contribution in [3.63, 3.8) is 0 Å². The summed E-state index contributed by atoms with van der Waals surface area (Å²) in [7, 11) is -2.33. The summed E-state index contributed by atoms with van der Waals surface area (Å²) >= 11 is 1.19. The van der Waals surface area contributed by atoms with Crippen LogP contribution >= 0.6 is 11.3 Å². The Hall–Kier alpha value is -1.92. The average molecular weight is 325 g/mol. The molecule has 7 nitrogen and oxygen atoms in total. The zero-order valence-electron chi connectivity index (χ0n) is 12.1. The number of nitrogens with one attached hydrogen (secondary N) is 1. The van der Waals surface area contributed by atoms with E-state index in [2.05, 4.69) is 21.1 Å². The van der Waals surface area contributed by atoms with Gasteiger partial charge < -0.3 is 0 Å². The van der Waals surface area contributed by atoms with Gasteiger partial charge in [-0.05, 0) is 16.4 Å². The molecule has 0 aliphatic heterocycles. The maximum atomic E-state index is 12.3. The van der Waals surface area contributed by atoms with Crippen LogP contribution in [0.25, 0.3) is 0 Å². The third kappa shape index (κ3) is 2.91. The van der Waals surface area contributed by atoms with Gasteiger partial charge in [0.1, 0.15) is 11.1 Å². The topological polar surface area (TPSA) is 101 Å². The molecule has 9 heteroatoms. The second-order valence-electron chi connectivity index (χ2n) is 5.52. The van der Waals surface area contributed by atoms with E-state index in [4.69, 9.17) is 0 Å². The summed E-state index contributed by atoms with van der Waals surface area (Å²) in [5.74, 6) is 0. The first-order chi connectivity index (χ1) is 9.66. The third-order valence-electron chi connectivity index (χ3n) is 2.89. The predicted molar refractivity (Wildman–Crippen MR) is 79.5 cm³/mol. The normalized spacial score (nSPS) is 12.1. The highest BCUT2D eigenvalue weighted by atomic mass is 32.2. The highest BCUT2D eigenvalue weighted by Gasteiger charge is 2.26. The number of hydrogen-bond donors (Lipinski definition) is 1. The molecule has 0 bridgehead atoms. The standard InChI is InChI=1S/C12H15N5O2S2/c1-12(2,3)9-7-20-11(8(9)5-13)15-21(18,19)10-6-14-16-17(10)4/h6-7,15H,1-4H3. The van der Waals surface area contributed by atoms with Crippen LogP contribution in [-0.4, -0.2) is 23.4 Å². The molecule has 0 spiro atoms. The quantitative estimate of drug-likeness (QED) is 0.928. The number of aryl methyl sites for hydroxylation is 1. The molecular formula is C12H15N5O2S2. The largest absolute Gasteiger partial charge is 0.281 e. The molecule has 2 heterocycles. The van der Waals surface area contributed by atoms with Crippen molar-refractivity contribution in [2.24, 2.45) is 7.05 Å². The van der Waals surface area contributed by atoms with Gasteiger partial charge in [-0.15, -0.1) is 16.4 Å². The summed E-state index contributed by atoms with van der Waals surface area (Å²) in [5.41, 5.74) is 0.932. The number of nitriles is 1. The Morgan fingerprint density at radius 3 is 2.57 bits per heavy atom. The molecule has 0 saturated heterocycles. The predicted octanol–water partition coefficient (Wildman–Crippen LogP) is 1.85. The lowest BCUT2D eigenvalue weighted by molar-refractivity contribution is 0.579. The minimum absolute atomic E-state index is 0.0582. The van der Waals surface area contributed by atoms with Crippen LogP contribution < -0.4 is 4.72 Å². The molecule has 0 aliphatic rings. The summed E-state index contributed by atoms with van der Waals surface area (Å²) in [6.45, 7) is 5.91. The van der Waals surface area contributed by atoms with E-state index in [1.165, 1.54) is 18.4 Å². The number of anilines is 1. The molecular weight excluding hydrogens is 310 g/mol. The monoisotopic (exact) mass is 325 g/mol. The third-order valence-corrected chi connectivity index (χ3v) is 5.30. The van der Waals surface area contributed by atoms with Gasteiger partial charge in [-0.3, -0.25) is 4.72 Å². The van der Waals surface area contributed by atoms with E-state index in [0.29, 0.717) is 10.6 Å². The Labute approximate surface area is 127 Å². The lowest BCUT2D eigenvalue weighted by atomic mass is 9.86. The summed E-state index contributed by atoms with van der Waals surface area (Å²) in [6.07, 6.45) is 1.16. The Morgan fingerprint density at radius 2 is 2.10 bits per heavy atom. The number of sulfonamides is 1. The molecule has 21 heavy (non-hydrogen) atoms. The van der Waals surface area contributed by atoms with Crippen molar-refractivity contribution in [3.8, 4) is 6.07 Å². The van der Waals surface area contributed by atoms with Crippen LogP contribution in [0.1, 0.15) is 31.9 Å². The Balaban J connectivity index is 2.45. The molecule has 2 aromatic rings. The van der Waals surface area contributed by atoms with Gasteiger partial charge in [-0.2, -0.15) is 13.7 Å². The fourth-order valence-electron chi connectivity index (χ4n) is 1.79. The molecule has 1 N–H and O–H groups in total. The molecule has 0 atom stereocenters. The summed E-state index contributed by atoms with van der Waals surface area (Å²) in [6, 6.07) is 2.08. The van der Waals surface area contributed by atoms with Crippen molar-refractivity contribution in [2.75, 3.05) is 4.72 Å². The van der Waals surface area contributed by atoms with E-state index in [0.717, 1.165) is 16.4 Å². The zero-order chi connectivity index (χ0) is 15.8. The number of rotatable bonds is 3. The van der Waals surface area contributed by atoms with Crippen LogP contribution in [0.5, 0.6) is 0 Å².